The van der Waals surface area contributed by atoms with Crippen molar-refractivity contribution in [2.45, 2.75) is 25.1 Å². The van der Waals surface area contributed by atoms with Gasteiger partial charge in [-0.3, -0.25) is 4.79 Å². The van der Waals surface area contributed by atoms with Gasteiger partial charge >= 0.3 is 5.97 Å². The molecule has 1 aromatic rings. The van der Waals surface area contributed by atoms with Gasteiger partial charge in [0.15, 0.2) is 0 Å². The minimum Gasteiger partial charge on any atom is -0.465 e. The average molecular weight is 332 g/mol. The van der Waals surface area contributed by atoms with Gasteiger partial charge in [-0.1, -0.05) is 28.1 Å². The van der Waals surface area contributed by atoms with Crippen LogP contribution in [0.5, 0.6) is 0 Å². The average Bonchev–Trinajstić information content (AvgIpc) is 2.36. The van der Waals surface area contributed by atoms with E-state index in [1.807, 2.05) is 12.1 Å². The minimum absolute atomic E-state index is 0.304. The molecule has 1 atom stereocenters. The molecule has 0 bridgehead atoms. The molecule has 0 aliphatic carbocycles. The van der Waals surface area contributed by atoms with Crippen LogP contribution in [0.2, 0.25) is 0 Å². The van der Waals surface area contributed by atoms with Crippen LogP contribution in [0, 0.1) is 0 Å². The Morgan fingerprint density at radius 1 is 1.44 bits per heavy atom. The number of carbonyl (C=O) groups excluding carboxylic acids is 1. The number of benzene rings is 1. The largest absolute Gasteiger partial charge is 0.465 e. The van der Waals surface area contributed by atoms with E-state index < -0.39 is 6.04 Å². The van der Waals surface area contributed by atoms with Gasteiger partial charge in [0, 0.05) is 10.2 Å². The van der Waals surface area contributed by atoms with Crippen LogP contribution in [-0.2, 0) is 15.3 Å². The summed E-state index contributed by atoms with van der Waals surface area (Å²) in [5.41, 5.74) is 6.98. The zero-order chi connectivity index (χ0) is 13.4. The molecule has 0 spiro atoms. The van der Waals surface area contributed by atoms with Crippen molar-refractivity contribution in [2.24, 2.45) is 5.73 Å². The maximum Gasteiger partial charge on any atom is 0.322 e. The Hall–Kier alpha value is -0.520. The maximum absolute atomic E-state index is 11.3. The molecule has 1 unspecified atom stereocenters. The summed E-state index contributed by atoms with van der Waals surface area (Å²) in [4.78, 5) is 11.3. The number of nitrogens with two attached hydrogens (primary N) is 1. The SMILES string of the molecule is CCOC(=O)C(N)CCSCc1ccc(Br)cc1. The number of hydrogen-bond acceptors (Lipinski definition) is 4. The van der Waals surface area contributed by atoms with Gasteiger partial charge in [-0.25, -0.2) is 0 Å². The highest BCUT2D eigenvalue weighted by atomic mass is 79.9. The van der Waals surface area contributed by atoms with Gasteiger partial charge in [0.2, 0.25) is 0 Å². The molecule has 0 saturated heterocycles. The molecule has 100 valence electrons. The number of halogens is 1. The Labute approximate surface area is 121 Å². The predicted octanol–water partition coefficient (Wildman–Crippen LogP) is 2.96. The number of carbonyl (C=O) groups is 1. The third kappa shape index (κ3) is 5.89. The summed E-state index contributed by atoms with van der Waals surface area (Å²) in [5, 5.41) is 0. The third-order valence-corrected chi connectivity index (χ3v) is 3.94. The first-order valence-corrected chi connectivity index (χ1v) is 7.82. The van der Waals surface area contributed by atoms with Crippen LogP contribution >= 0.6 is 27.7 Å². The van der Waals surface area contributed by atoms with Crippen molar-refractivity contribution in [3.63, 3.8) is 0 Å². The first kappa shape index (κ1) is 15.5. The first-order valence-electron chi connectivity index (χ1n) is 5.88. The molecule has 3 nitrogen and oxygen atoms in total. The van der Waals surface area contributed by atoms with Crippen LogP contribution in [-0.4, -0.2) is 24.4 Å². The van der Waals surface area contributed by atoms with Crippen molar-refractivity contribution in [3.8, 4) is 0 Å². The Morgan fingerprint density at radius 3 is 2.72 bits per heavy atom. The van der Waals surface area contributed by atoms with Gasteiger partial charge in [0.05, 0.1) is 6.61 Å². The van der Waals surface area contributed by atoms with Crippen LogP contribution in [0.25, 0.3) is 0 Å². The highest BCUT2D eigenvalue weighted by Crippen LogP contribution is 2.16. The van der Waals surface area contributed by atoms with Crippen molar-refractivity contribution < 1.29 is 9.53 Å². The standard InChI is InChI=1S/C13H18BrNO2S/c1-2-17-13(16)12(15)7-8-18-9-10-3-5-11(14)6-4-10/h3-6,12H,2,7-9,15H2,1H3. The quantitative estimate of drug-likeness (QED) is 0.616. The van der Waals surface area contributed by atoms with Crippen molar-refractivity contribution in [3.05, 3.63) is 34.3 Å². The van der Waals surface area contributed by atoms with E-state index in [0.717, 1.165) is 16.0 Å². The van der Waals surface area contributed by atoms with Gasteiger partial charge in [-0.15, -0.1) is 0 Å². The summed E-state index contributed by atoms with van der Waals surface area (Å²) in [7, 11) is 0. The van der Waals surface area contributed by atoms with Crippen molar-refractivity contribution >= 4 is 33.7 Å². The second-order valence-electron chi connectivity index (χ2n) is 3.83. The number of ether oxygens (including phenoxy) is 1. The van der Waals surface area contributed by atoms with Crippen molar-refractivity contribution in [2.75, 3.05) is 12.4 Å². The molecule has 1 aromatic carbocycles. The van der Waals surface area contributed by atoms with Crippen molar-refractivity contribution in [1.82, 2.24) is 0 Å². The number of rotatable bonds is 7. The molecular weight excluding hydrogens is 314 g/mol. The molecular formula is C13H18BrNO2S. The van der Waals surface area contributed by atoms with Crippen LogP contribution in [0.15, 0.2) is 28.7 Å². The number of hydrogen-bond donors (Lipinski definition) is 1. The maximum atomic E-state index is 11.3. The van der Waals surface area contributed by atoms with Crippen LogP contribution in [0.4, 0.5) is 0 Å². The molecule has 1 rings (SSSR count). The normalized spacial score (nSPS) is 12.2. The minimum atomic E-state index is -0.498. The Kier molecular flexibility index (Phi) is 7.39. The van der Waals surface area contributed by atoms with E-state index in [9.17, 15) is 4.79 Å². The monoisotopic (exact) mass is 331 g/mol. The smallest absolute Gasteiger partial charge is 0.322 e. The lowest BCUT2D eigenvalue weighted by atomic mass is 10.2. The fraction of sp³-hybridized carbons (Fsp3) is 0.462. The summed E-state index contributed by atoms with van der Waals surface area (Å²) in [6.07, 6.45) is 0.653. The molecule has 0 aliphatic heterocycles. The highest BCUT2D eigenvalue weighted by molar-refractivity contribution is 9.10. The van der Waals surface area contributed by atoms with E-state index in [4.69, 9.17) is 10.5 Å². The Morgan fingerprint density at radius 2 is 2.11 bits per heavy atom. The number of esters is 1. The van der Waals surface area contributed by atoms with Crippen molar-refractivity contribution in [1.29, 1.82) is 0 Å². The Bertz CT molecular complexity index is 370. The summed E-state index contributed by atoms with van der Waals surface area (Å²) in [6, 6.07) is 7.73. The molecule has 0 amide bonds. The second-order valence-corrected chi connectivity index (χ2v) is 5.85. The topological polar surface area (TPSA) is 52.3 Å². The van der Waals surface area contributed by atoms with Crippen LogP contribution < -0.4 is 5.73 Å². The summed E-state index contributed by atoms with van der Waals surface area (Å²) in [6.45, 7) is 2.17. The summed E-state index contributed by atoms with van der Waals surface area (Å²) >= 11 is 5.18. The zero-order valence-electron chi connectivity index (χ0n) is 10.4. The molecule has 0 aliphatic rings. The van der Waals surface area contributed by atoms with E-state index in [1.165, 1.54) is 5.56 Å². The van der Waals surface area contributed by atoms with Gasteiger partial charge in [0.1, 0.15) is 6.04 Å². The first-order chi connectivity index (χ1) is 8.63. The lowest BCUT2D eigenvalue weighted by Gasteiger charge is -2.09. The highest BCUT2D eigenvalue weighted by Gasteiger charge is 2.13. The lowest BCUT2D eigenvalue weighted by Crippen LogP contribution is -2.32. The fourth-order valence-corrected chi connectivity index (χ4v) is 2.61. The number of thioether (sulfide) groups is 1. The van der Waals surface area contributed by atoms with E-state index in [2.05, 4.69) is 28.1 Å². The predicted molar refractivity (Wildman–Crippen MR) is 79.5 cm³/mol. The molecule has 0 heterocycles. The van der Waals surface area contributed by atoms with Crippen LogP contribution in [0.1, 0.15) is 18.9 Å². The second kappa shape index (κ2) is 8.56. The zero-order valence-corrected chi connectivity index (χ0v) is 12.8. The fourth-order valence-electron chi connectivity index (χ4n) is 1.35. The van der Waals surface area contributed by atoms with Gasteiger partial charge in [-0.05, 0) is 36.8 Å². The molecule has 18 heavy (non-hydrogen) atoms. The summed E-state index contributed by atoms with van der Waals surface area (Å²) in [5.74, 6) is 1.49. The van der Waals surface area contributed by atoms with Crippen LogP contribution in [0.3, 0.4) is 0 Å². The molecule has 5 heteroatoms. The van der Waals surface area contributed by atoms with Gasteiger partial charge in [-0.2, -0.15) is 11.8 Å². The van der Waals surface area contributed by atoms with Gasteiger partial charge in [0.25, 0.3) is 0 Å². The summed E-state index contributed by atoms with van der Waals surface area (Å²) < 4.78 is 5.94. The third-order valence-electron chi connectivity index (χ3n) is 2.34. The van der Waals surface area contributed by atoms with Gasteiger partial charge < -0.3 is 10.5 Å². The molecule has 0 saturated carbocycles. The molecule has 2 N–H and O–H groups in total. The van der Waals surface area contributed by atoms with E-state index in [-0.39, 0.29) is 5.97 Å². The Balaban J connectivity index is 2.18. The molecule has 0 fully saturated rings. The molecule has 0 aromatic heterocycles. The van der Waals surface area contributed by atoms with E-state index in [0.29, 0.717) is 13.0 Å². The van der Waals surface area contributed by atoms with E-state index >= 15 is 0 Å². The lowest BCUT2D eigenvalue weighted by molar-refractivity contribution is -0.144. The molecule has 0 radical (unpaired) electrons. The van der Waals surface area contributed by atoms with E-state index in [1.54, 1.807) is 18.7 Å².